The lowest BCUT2D eigenvalue weighted by Crippen LogP contribution is -2.35. The van der Waals surface area contributed by atoms with E-state index < -0.39 is 11.9 Å². The number of ether oxygens (including phenoxy) is 1. The molecule has 34 heavy (non-hydrogen) atoms. The van der Waals surface area contributed by atoms with Crippen LogP contribution in [-0.4, -0.2) is 44.6 Å². The number of nitrogens with one attached hydrogen (secondary N) is 1. The highest BCUT2D eigenvalue weighted by Crippen LogP contribution is 2.30. The van der Waals surface area contributed by atoms with E-state index in [1.807, 2.05) is 30.3 Å². The minimum absolute atomic E-state index is 0.0264. The van der Waals surface area contributed by atoms with Crippen LogP contribution in [0.25, 0.3) is 17.4 Å². The first-order valence-corrected chi connectivity index (χ1v) is 10.9. The van der Waals surface area contributed by atoms with Crippen molar-refractivity contribution < 1.29 is 23.8 Å². The molecular weight excluding hydrogens is 456 g/mol. The van der Waals surface area contributed by atoms with E-state index in [0.29, 0.717) is 33.0 Å². The lowest BCUT2D eigenvalue weighted by molar-refractivity contribution is -0.114. The van der Waals surface area contributed by atoms with Crippen LogP contribution < -0.4 is 4.74 Å². The molecule has 0 spiro atoms. The number of carboxylic acid groups (broad SMARTS) is 1. The van der Waals surface area contributed by atoms with Gasteiger partial charge in [0.05, 0.1) is 11.1 Å². The third-order valence-electron chi connectivity index (χ3n) is 4.91. The summed E-state index contributed by atoms with van der Waals surface area (Å²) in [4.78, 5) is 27.9. The number of aliphatic imine (C=N–C) groups is 1. The predicted molar refractivity (Wildman–Crippen MR) is 128 cm³/mol. The number of para-hydroxylation sites is 1. The Morgan fingerprint density at radius 2 is 1.97 bits per heavy atom. The van der Waals surface area contributed by atoms with Crippen LogP contribution in [0, 0.1) is 5.41 Å². The molecule has 0 bridgehead atoms. The van der Waals surface area contributed by atoms with Gasteiger partial charge in [-0.25, -0.2) is 4.79 Å². The number of carbonyl (C=O) groups is 2. The number of carboxylic acids is 1. The van der Waals surface area contributed by atoms with E-state index in [-0.39, 0.29) is 23.6 Å². The molecule has 1 amide bonds. The summed E-state index contributed by atoms with van der Waals surface area (Å²) in [5.41, 5.74) is 0.744. The first-order valence-electron chi connectivity index (χ1n) is 10.1. The molecule has 2 aliphatic rings. The number of amidine groups is 2. The highest BCUT2D eigenvalue weighted by molar-refractivity contribution is 8.27. The third-order valence-corrected chi connectivity index (χ3v) is 5.79. The van der Waals surface area contributed by atoms with Crippen LogP contribution in [0.1, 0.15) is 16.1 Å². The number of carbonyl (C=O) groups excluding carboxylic acids is 1. The topological polar surface area (TPSA) is 129 Å². The minimum Gasteiger partial charge on any atom is -0.487 e. The summed E-state index contributed by atoms with van der Waals surface area (Å²) in [5.74, 6) is -0.289. The van der Waals surface area contributed by atoms with E-state index in [4.69, 9.17) is 14.6 Å². The van der Waals surface area contributed by atoms with Gasteiger partial charge in [-0.2, -0.15) is 15.1 Å². The van der Waals surface area contributed by atoms with Gasteiger partial charge in [-0.1, -0.05) is 30.3 Å². The summed E-state index contributed by atoms with van der Waals surface area (Å²) < 4.78 is 11.5. The molecule has 2 aromatic carbocycles. The molecule has 2 aliphatic heterocycles. The van der Waals surface area contributed by atoms with Gasteiger partial charge in [0.15, 0.2) is 5.84 Å². The number of hydrazone groups is 1. The smallest absolute Gasteiger partial charge is 0.335 e. The van der Waals surface area contributed by atoms with Gasteiger partial charge in [-0.3, -0.25) is 10.2 Å². The molecule has 5 rings (SSSR count). The number of amides is 1. The van der Waals surface area contributed by atoms with Crippen LogP contribution in [0.15, 0.2) is 86.8 Å². The van der Waals surface area contributed by atoms with Crippen molar-refractivity contribution in [1.29, 1.82) is 5.41 Å². The Morgan fingerprint density at radius 3 is 2.76 bits per heavy atom. The first kappa shape index (κ1) is 21.4. The maximum Gasteiger partial charge on any atom is 0.335 e. The van der Waals surface area contributed by atoms with Crippen molar-refractivity contribution in [3.05, 3.63) is 83.6 Å². The number of aromatic carboxylic acids is 1. The standard InChI is InChI=1S/C24H16N4O5S/c25-21-18(12-17-9-10-19(33-17)14-5-4-6-15(11-14)23(30)31)22(29)26-24-28(21)27-20(34-24)13-32-16-7-2-1-3-8-16/h1-12,25H,13H2,(H,30,31)/b18-12+,25-21?. The Hall–Kier alpha value is -4.44. The van der Waals surface area contributed by atoms with Crippen LogP contribution in [-0.2, 0) is 4.79 Å². The molecule has 0 atom stereocenters. The van der Waals surface area contributed by atoms with E-state index in [2.05, 4.69) is 10.1 Å². The fourth-order valence-corrected chi connectivity index (χ4v) is 4.08. The lowest BCUT2D eigenvalue weighted by Gasteiger charge is -2.19. The SMILES string of the molecule is N=C1/C(=C\c2ccc(-c3cccc(C(=O)O)c3)o2)C(=O)N=C2SC(COc3ccccc3)=NN12. The minimum atomic E-state index is -1.04. The van der Waals surface area contributed by atoms with Crippen LogP contribution in [0.4, 0.5) is 0 Å². The molecule has 1 aromatic heterocycles. The molecule has 168 valence electrons. The maximum absolute atomic E-state index is 12.6. The second-order valence-corrected chi connectivity index (χ2v) is 8.24. The van der Waals surface area contributed by atoms with Gasteiger partial charge in [-0.05, 0) is 54.2 Å². The van der Waals surface area contributed by atoms with Gasteiger partial charge in [0.1, 0.15) is 28.9 Å². The van der Waals surface area contributed by atoms with E-state index >= 15 is 0 Å². The van der Waals surface area contributed by atoms with Crippen molar-refractivity contribution in [3.63, 3.8) is 0 Å². The average Bonchev–Trinajstić information content (AvgIpc) is 3.48. The molecule has 0 fully saturated rings. The summed E-state index contributed by atoms with van der Waals surface area (Å²) in [6.07, 6.45) is 1.42. The summed E-state index contributed by atoms with van der Waals surface area (Å²) >= 11 is 1.18. The van der Waals surface area contributed by atoms with Gasteiger partial charge in [0, 0.05) is 5.56 Å². The van der Waals surface area contributed by atoms with Crippen molar-refractivity contribution in [2.45, 2.75) is 0 Å². The van der Waals surface area contributed by atoms with Crippen LogP contribution in [0.2, 0.25) is 0 Å². The molecule has 0 unspecified atom stereocenters. The number of hydrogen-bond donors (Lipinski definition) is 2. The number of hydrogen-bond acceptors (Lipinski definition) is 7. The molecule has 0 aliphatic carbocycles. The Kier molecular flexibility index (Phi) is 5.56. The van der Waals surface area contributed by atoms with Crippen LogP contribution in [0.5, 0.6) is 5.75 Å². The average molecular weight is 472 g/mol. The second kappa shape index (κ2) is 8.83. The Morgan fingerprint density at radius 1 is 1.15 bits per heavy atom. The zero-order chi connectivity index (χ0) is 23.7. The quantitative estimate of drug-likeness (QED) is 0.511. The third kappa shape index (κ3) is 4.26. The number of thioether (sulfide) groups is 1. The zero-order valence-corrected chi connectivity index (χ0v) is 18.3. The Balaban J connectivity index is 1.35. The molecule has 0 saturated carbocycles. The van der Waals surface area contributed by atoms with Gasteiger partial charge in [0.2, 0.25) is 5.17 Å². The highest BCUT2D eigenvalue weighted by atomic mass is 32.2. The van der Waals surface area contributed by atoms with Crippen molar-refractivity contribution in [1.82, 2.24) is 5.01 Å². The molecule has 9 nitrogen and oxygen atoms in total. The van der Waals surface area contributed by atoms with Gasteiger partial charge >= 0.3 is 5.97 Å². The van der Waals surface area contributed by atoms with Gasteiger partial charge in [0.25, 0.3) is 5.91 Å². The monoisotopic (exact) mass is 472 g/mol. The molecule has 2 N–H and O–H groups in total. The van der Waals surface area contributed by atoms with Crippen molar-refractivity contribution in [3.8, 4) is 17.1 Å². The number of furan rings is 1. The normalized spacial score (nSPS) is 16.4. The maximum atomic E-state index is 12.6. The molecular formula is C24H16N4O5S. The van der Waals surface area contributed by atoms with E-state index in [1.54, 1.807) is 24.3 Å². The van der Waals surface area contributed by atoms with Gasteiger partial charge < -0.3 is 14.3 Å². The molecule has 0 saturated heterocycles. The summed E-state index contributed by atoms with van der Waals surface area (Å²) in [6.45, 7) is 0.182. The lowest BCUT2D eigenvalue weighted by atomic mass is 10.1. The molecule has 3 heterocycles. The fourth-order valence-electron chi connectivity index (χ4n) is 3.29. The Labute approximate surface area is 197 Å². The van der Waals surface area contributed by atoms with E-state index in [9.17, 15) is 14.7 Å². The number of benzene rings is 2. The van der Waals surface area contributed by atoms with E-state index in [0.717, 1.165) is 0 Å². The second-order valence-electron chi connectivity index (χ2n) is 7.20. The first-order chi connectivity index (χ1) is 16.5. The van der Waals surface area contributed by atoms with Crippen molar-refractivity contribution >= 4 is 45.8 Å². The molecule has 3 aromatic rings. The zero-order valence-electron chi connectivity index (χ0n) is 17.5. The predicted octanol–water partition coefficient (Wildman–Crippen LogP) is 4.34. The largest absolute Gasteiger partial charge is 0.487 e. The summed E-state index contributed by atoms with van der Waals surface area (Å²) in [6, 6.07) is 18.9. The summed E-state index contributed by atoms with van der Waals surface area (Å²) in [7, 11) is 0. The van der Waals surface area contributed by atoms with Crippen molar-refractivity contribution in [2.24, 2.45) is 10.1 Å². The fraction of sp³-hybridized carbons (Fsp3) is 0.0417. The molecule has 10 heteroatoms. The Bertz CT molecular complexity index is 1410. The van der Waals surface area contributed by atoms with Crippen molar-refractivity contribution in [2.75, 3.05) is 6.61 Å². The van der Waals surface area contributed by atoms with E-state index in [1.165, 1.54) is 35.0 Å². The number of fused-ring (bicyclic) bond motifs is 1. The van der Waals surface area contributed by atoms with Crippen LogP contribution in [0.3, 0.4) is 0 Å². The highest BCUT2D eigenvalue weighted by Gasteiger charge is 2.36. The number of rotatable bonds is 6. The number of nitrogens with zero attached hydrogens (tertiary/aromatic N) is 3. The summed E-state index contributed by atoms with van der Waals surface area (Å²) in [5, 5.41) is 24.2. The molecule has 0 radical (unpaired) electrons. The van der Waals surface area contributed by atoms with Crippen LogP contribution >= 0.6 is 11.8 Å². The van der Waals surface area contributed by atoms with Gasteiger partial charge in [-0.15, -0.1) is 0 Å².